The van der Waals surface area contributed by atoms with Crippen LogP contribution in [0.2, 0.25) is 0 Å². The number of hydrogen-bond donors (Lipinski definition) is 2. The van der Waals surface area contributed by atoms with Crippen molar-refractivity contribution >= 4 is 28.8 Å². The molecule has 0 radical (unpaired) electrons. The summed E-state index contributed by atoms with van der Waals surface area (Å²) >= 11 is 1.03. The second-order valence-electron chi connectivity index (χ2n) is 7.15. The molecule has 1 aliphatic heterocycles. The van der Waals surface area contributed by atoms with Gasteiger partial charge in [0.2, 0.25) is 10.9 Å². The van der Waals surface area contributed by atoms with Gasteiger partial charge in [-0.25, -0.2) is 4.39 Å². The van der Waals surface area contributed by atoms with Gasteiger partial charge in [0.25, 0.3) is 5.91 Å². The molecule has 172 valence electrons. The molecule has 1 atom stereocenters. The van der Waals surface area contributed by atoms with Crippen molar-refractivity contribution in [2.24, 2.45) is 0 Å². The number of rotatable bonds is 8. The summed E-state index contributed by atoms with van der Waals surface area (Å²) < 4.78 is 29.7. The molecule has 0 spiro atoms. The van der Waals surface area contributed by atoms with Gasteiger partial charge in [0.15, 0.2) is 11.5 Å². The van der Waals surface area contributed by atoms with E-state index in [1.807, 2.05) is 25.1 Å². The highest BCUT2D eigenvalue weighted by Gasteiger charge is 2.17. The molecular formula is C22H21FN4O5S. The van der Waals surface area contributed by atoms with Crippen molar-refractivity contribution in [1.29, 1.82) is 0 Å². The Kier molecular flexibility index (Phi) is 7.10. The molecule has 1 aromatic heterocycles. The van der Waals surface area contributed by atoms with Crippen LogP contribution in [-0.2, 0) is 16.1 Å². The summed E-state index contributed by atoms with van der Waals surface area (Å²) in [6.45, 7) is 2.71. The Morgan fingerprint density at radius 2 is 1.97 bits per heavy atom. The van der Waals surface area contributed by atoms with E-state index in [-0.39, 0.29) is 30.2 Å². The van der Waals surface area contributed by atoms with Crippen LogP contribution in [0.5, 0.6) is 11.5 Å². The number of ether oxygens (including phenoxy) is 3. The molecule has 0 bridgehead atoms. The molecule has 11 heteroatoms. The lowest BCUT2D eigenvalue weighted by molar-refractivity contribution is -0.126. The van der Waals surface area contributed by atoms with Gasteiger partial charge in [0, 0.05) is 5.69 Å². The Morgan fingerprint density at radius 1 is 1.15 bits per heavy atom. The molecule has 33 heavy (non-hydrogen) atoms. The van der Waals surface area contributed by atoms with Gasteiger partial charge in [0.1, 0.15) is 37.3 Å². The number of benzene rings is 2. The van der Waals surface area contributed by atoms with E-state index in [0.29, 0.717) is 35.4 Å². The largest absolute Gasteiger partial charge is 0.486 e. The van der Waals surface area contributed by atoms with Crippen molar-refractivity contribution in [2.45, 2.75) is 19.6 Å². The standard InChI is InChI=1S/C22H21FN4O5S/c1-13(14-5-6-17-18(9-14)32-8-7-31-17)24-19(28)11-30-12-20-26-27-22(33-20)21(29)25-16-4-2-3-15(23)10-16/h2-6,9-10,13H,7-8,11-12H2,1H3,(H,24,28)(H,25,29). The lowest BCUT2D eigenvalue weighted by Gasteiger charge is -2.21. The molecule has 1 aliphatic rings. The number of amides is 2. The molecule has 0 fully saturated rings. The zero-order valence-corrected chi connectivity index (χ0v) is 18.5. The number of hydrogen-bond acceptors (Lipinski definition) is 8. The normalized spacial score (nSPS) is 13.3. The summed E-state index contributed by atoms with van der Waals surface area (Å²) in [6.07, 6.45) is 0. The number of aromatic nitrogens is 2. The minimum absolute atomic E-state index is 0.0245. The Hall–Kier alpha value is -3.57. The van der Waals surface area contributed by atoms with Crippen LogP contribution in [0.25, 0.3) is 0 Å². The predicted octanol–water partition coefficient (Wildman–Crippen LogP) is 3.09. The van der Waals surface area contributed by atoms with Crippen molar-refractivity contribution in [3.05, 3.63) is 63.9 Å². The van der Waals surface area contributed by atoms with Crippen molar-refractivity contribution in [3.63, 3.8) is 0 Å². The van der Waals surface area contributed by atoms with Gasteiger partial charge in [-0.05, 0) is 42.8 Å². The molecular weight excluding hydrogens is 451 g/mol. The third-order valence-electron chi connectivity index (χ3n) is 4.65. The van der Waals surface area contributed by atoms with E-state index in [1.54, 1.807) is 6.07 Å². The molecule has 9 nitrogen and oxygen atoms in total. The van der Waals surface area contributed by atoms with Gasteiger partial charge in [0.05, 0.1) is 6.04 Å². The van der Waals surface area contributed by atoms with Crippen LogP contribution >= 0.6 is 11.3 Å². The maximum atomic E-state index is 13.2. The van der Waals surface area contributed by atoms with Crippen LogP contribution < -0.4 is 20.1 Å². The van der Waals surface area contributed by atoms with E-state index in [2.05, 4.69) is 20.8 Å². The average Bonchev–Trinajstić information content (AvgIpc) is 3.28. The number of halogens is 1. The van der Waals surface area contributed by atoms with Crippen molar-refractivity contribution in [1.82, 2.24) is 15.5 Å². The highest BCUT2D eigenvalue weighted by molar-refractivity contribution is 7.13. The highest BCUT2D eigenvalue weighted by atomic mass is 32.1. The summed E-state index contributed by atoms with van der Waals surface area (Å²) in [5.41, 5.74) is 1.20. The van der Waals surface area contributed by atoms with Crippen molar-refractivity contribution in [2.75, 3.05) is 25.1 Å². The Bertz CT molecular complexity index is 1160. The van der Waals surface area contributed by atoms with Crippen molar-refractivity contribution in [3.8, 4) is 11.5 Å². The Morgan fingerprint density at radius 3 is 2.79 bits per heavy atom. The number of nitrogens with one attached hydrogen (secondary N) is 2. The molecule has 0 saturated carbocycles. The van der Waals surface area contributed by atoms with E-state index in [4.69, 9.17) is 14.2 Å². The number of nitrogens with zero attached hydrogens (tertiary/aromatic N) is 2. The minimum Gasteiger partial charge on any atom is -0.486 e. The molecule has 2 heterocycles. The molecule has 3 aromatic rings. The first-order valence-electron chi connectivity index (χ1n) is 10.1. The van der Waals surface area contributed by atoms with Gasteiger partial charge in [-0.15, -0.1) is 10.2 Å². The van der Waals surface area contributed by atoms with E-state index in [9.17, 15) is 14.0 Å². The van der Waals surface area contributed by atoms with Crippen LogP contribution in [0.4, 0.5) is 10.1 Å². The van der Waals surface area contributed by atoms with Gasteiger partial charge in [-0.1, -0.05) is 23.5 Å². The maximum absolute atomic E-state index is 13.2. The molecule has 2 amide bonds. The monoisotopic (exact) mass is 472 g/mol. The molecule has 0 saturated heterocycles. The van der Waals surface area contributed by atoms with Crippen LogP contribution in [0.1, 0.15) is 33.3 Å². The predicted molar refractivity (Wildman–Crippen MR) is 118 cm³/mol. The summed E-state index contributed by atoms with van der Waals surface area (Å²) in [6, 6.07) is 10.8. The van der Waals surface area contributed by atoms with E-state index in [0.717, 1.165) is 16.9 Å². The first-order valence-corrected chi connectivity index (χ1v) is 11.0. The highest BCUT2D eigenvalue weighted by Crippen LogP contribution is 2.32. The fraction of sp³-hybridized carbons (Fsp3) is 0.273. The van der Waals surface area contributed by atoms with Crippen LogP contribution in [-0.4, -0.2) is 41.8 Å². The van der Waals surface area contributed by atoms with Crippen LogP contribution in [0, 0.1) is 5.82 Å². The van der Waals surface area contributed by atoms with Crippen molar-refractivity contribution < 1.29 is 28.2 Å². The topological polar surface area (TPSA) is 112 Å². The summed E-state index contributed by atoms with van der Waals surface area (Å²) in [7, 11) is 0. The first-order chi connectivity index (χ1) is 16.0. The Labute approximate surface area is 192 Å². The Balaban J connectivity index is 1.23. The first kappa shape index (κ1) is 22.6. The fourth-order valence-electron chi connectivity index (χ4n) is 3.08. The number of carbonyl (C=O) groups is 2. The molecule has 1 unspecified atom stereocenters. The number of anilines is 1. The van der Waals surface area contributed by atoms with E-state index < -0.39 is 11.7 Å². The number of carbonyl (C=O) groups excluding carboxylic acids is 2. The van der Waals surface area contributed by atoms with E-state index in [1.165, 1.54) is 18.2 Å². The van der Waals surface area contributed by atoms with Gasteiger partial charge >= 0.3 is 0 Å². The second kappa shape index (κ2) is 10.4. The lowest BCUT2D eigenvalue weighted by atomic mass is 10.1. The summed E-state index contributed by atoms with van der Waals surface area (Å²) in [5, 5.41) is 13.7. The van der Waals surface area contributed by atoms with Gasteiger partial charge in [-0.3, -0.25) is 9.59 Å². The molecule has 4 rings (SSSR count). The summed E-state index contributed by atoms with van der Waals surface area (Å²) in [4.78, 5) is 24.4. The molecule has 2 N–H and O–H groups in total. The number of fused-ring (bicyclic) bond motifs is 1. The second-order valence-corrected chi connectivity index (χ2v) is 8.21. The average molecular weight is 472 g/mol. The van der Waals surface area contributed by atoms with Gasteiger partial charge < -0.3 is 24.8 Å². The van der Waals surface area contributed by atoms with Gasteiger partial charge in [-0.2, -0.15) is 0 Å². The summed E-state index contributed by atoms with van der Waals surface area (Å²) in [5.74, 6) is 0.0829. The fourth-order valence-corrected chi connectivity index (χ4v) is 3.75. The smallest absolute Gasteiger partial charge is 0.286 e. The lowest BCUT2D eigenvalue weighted by Crippen LogP contribution is -2.30. The SMILES string of the molecule is CC(NC(=O)COCc1nnc(C(=O)Nc2cccc(F)c2)s1)c1ccc2c(c1)OCCO2. The zero-order valence-electron chi connectivity index (χ0n) is 17.7. The maximum Gasteiger partial charge on any atom is 0.286 e. The quantitative estimate of drug-likeness (QED) is 0.518. The molecule has 0 aliphatic carbocycles. The van der Waals surface area contributed by atoms with Crippen LogP contribution in [0.3, 0.4) is 0 Å². The zero-order chi connectivity index (χ0) is 23.2. The van der Waals surface area contributed by atoms with Crippen LogP contribution in [0.15, 0.2) is 42.5 Å². The third kappa shape index (κ3) is 6.02. The molecule has 2 aromatic carbocycles. The van der Waals surface area contributed by atoms with E-state index >= 15 is 0 Å². The third-order valence-corrected chi connectivity index (χ3v) is 5.54. The minimum atomic E-state index is -0.504.